The summed E-state index contributed by atoms with van der Waals surface area (Å²) in [7, 11) is 0. The quantitative estimate of drug-likeness (QED) is 0.223. The maximum absolute atomic E-state index is 5.96. The van der Waals surface area contributed by atoms with Crippen LogP contribution in [0.25, 0.3) is 0 Å². The Labute approximate surface area is 147 Å². The minimum atomic E-state index is 0.839. The van der Waals surface area contributed by atoms with Gasteiger partial charge in [-0.1, -0.05) is 79.6 Å². The van der Waals surface area contributed by atoms with E-state index in [0.29, 0.717) is 0 Å². The van der Waals surface area contributed by atoms with Gasteiger partial charge in [-0.3, -0.25) is 4.90 Å². The zero-order chi connectivity index (χ0) is 17.3. The molecule has 0 rings (SSSR count). The summed E-state index contributed by atoms with van der Waals surface area (Å²) in [5.74, 6) is 1.68. The van der Waals surface area contributed by atoms with Crippen molar-refractivity contribution in [2.45, 2.75) is 98.8 Å². The number of nitrogens with zero attached hydrogens (tertiary/aromatic N) is 1. The van der Waals surface area contributed by atoms with Crippen LogP contribution in [0.15, 0.2) is 0 Å². The van der Waals surface area contributed by atoms with E-state index in [1.54, 1.807) is 0 Å². The van der Waals surface area contributed by atoms with Gasteiger partial charge in [0.15, 0.2) is 0 Å². The molecular formula is C21H45NO. The molecule has 0 fully saturated rings. The summed E-state index contributed by atoms with van der Waals surface area (Å²) >= 11 is 0. The molecule has 0 aromatic heterocycles. The zero-order valence-electron chi connectivity index (χ0n) is 16.9. The van der Waals surface area contributed by atoms with E-state index in [-0.39, 0.29) is 0 Å². The predicted molar refractivity (Wildman–Crippen MR) is 104 cm³/mol. The molecule has 23 heavy (non-hydrogen) atoms. The first-order valence-electron chi connectivity index (χ1n) is 10.5. The van der Waals surface area contributed by atoms with Gasteiger partial charge in [0.1, 0.15) is 0 Å². The molecule has 2 heteroatoms. The smallest absolute Gasteiger partial charge is 0.0990 e. The summed E-state index contributed by atoms with van der Waals surface area (Å²) in [5, 5.41) is 0. The summed E-state index contributed by atoms with van der Waals surface area (Å²) in [4.78, 5) is 2.61. The van der Waals surface area contributed by atoms with Crippen molar-refractivity contribution in [1.82, 2.24) is 4.90 Å². The van der Waals surface area contributed by atoms with Gasteiger partial charge in [0.25, 0.3) is 0 Å². The molecule has 0 aliphatic rings. The average Bonchev–Trinajstić information content (AvgIpc) is 2.58. The Bertz CT molecular complexity index is 214. The first kappa shape index (κ1) is 22.9. The van der Waals surface area contributed by atoms with Crippen molar-refractivity contribution in [2.75, 3.05) is 26.4 Å². The highest BCUT2D eigenvalue weighted by atomic mass is 16.5. The van der Waals surface area contributed by atoms with Crippen LogP contribution < -0.4 is 0 Å². The maximum Gasteiger partial charge on any atom is 0.0990 e. The lowest BCUT2D eigenvalue weighted by atomic mass is 9.96. The van der Waals surface area contributed by atoms with E-state index in [0.717, 1.165) is 25.2 Å². The molecular weight excluding hydrogens is 282 g/mol. The summed E-state index contributed by atoms with van der Waals surface area (Å²) in [6.07, 6.45) is 13.2. The van der Waals surface area contributed by atoms with E-state index < -0.39 is 0 Å². The first-order valence-corrected chi connectivity index (χ1v) is 10.5. The Morgan fingerprint density at radius 3 is 1.57 bits per heavy atom. The molecule has 0 spiro atoms. The molecule has 140 valence electrons. The van der Waals surface area contributed by atoms with Gasteiger partial charge in [-0.05, 0) is 31.1 Å². The maximum atomic E-state index is 5.96. The van der Waals surface area contributed by atoms with Crippen LogP contribution in [-0.2, 0) is 4.74 Å². The Morgan fingerprint density at radius 1 is 0.696 bits per heavy atom. The van der Waals surface area contributed by atoms with Crippen LogP contribution in [0.3, 0.4) is 0 Å². The van der Waals surface area contributed by atoms with Crippen molar-refractivity contribution >= 4 is 0 Å². The number of hydrogen-bond acceptors (Lipinski definition) is 2. The highest BCUT2D eigenvalue weighted by molar-refractivity contribution is 4.68. The molecule has 0 saturated heterocycles. The van der Waals surface area contributed by atoms with E-state index in [2.05, 4.69) is 39.5 Å². The minimum Gasteiger partial charge on any atom is -0.366 e. The minimum absolute atomic E-state index is 0.839. The second-order valence-corrected chi connectivity index (χ2v) is 7.26. The van der Waals surface area contributed by atoms with Crippen molar-refractivity contribution in [2.24, 2.45) is 11.8 Å². The van der Waals surface area contributed by atoms with Crippen molar-refractivity contribution in [3.63, 3.8) is 0 Å². The third-order valence-corrected chi connectivity index (χ3v) is 5.04. The fourth-order valence-electron chi connectivity index (χ4n) is 3.18. The molecule has 0 saturated carbocycles. The number of rotatable bonds is 17. The van der Waals surface area contributed by atoms with Crippen molar-refractivity contribution in [3.8, 4) is 0 Å². The zero-order valence-corrected chi connectivity index (χ0v) is 16.9. The molecule has 0 aromatic rings. The fourth-order valence-corrected chi connectivity index (χ4v) is 3.18. The first-order chi connectivity index (χ1) is 11.2. The van der Waals surface area contributed by atoms with Crippen molar-refractivity contribution < 1.29 is 4.74 Å². The molecule has 0 unspecified atom stereocenters. The lowest BCUT2D eigenvalue weighted by molar-refractivity contribution is 0.00854. The van der Waals surface area contributed by atoms with Gasteiger partial charge in [-0.15, -0.1) is 0 Å². The Hall–Kier alpha value is -0.0800. The van der Waals surface area contributed by atoms with Gasteiger partial charge in [-0.2, -0.15) is 0 Å². The van der Waals surface area contributed by atoms with Crippen LogP contribution in [0, 0.1) is 11.8 Å². The summed E-state index contributed by atoms with van der Waals surface area (Å²) in [6, 6.07) is 0. The number of unbranched alkanes of at least 4 members (excludes halogenated alkanes) is 3. The van der Waals surface area contributed by atoms with E-state index in [4.69, 9.17) is 4.74 Å². The summed E-state index contributed by atoms with van der Waals surface area (Å²) in [5.41, 5.74) is 0. The normalized spacial score (nSPS) is 14.3. The van der Waals surface area contributed by atoms with E-state index in [1.807, 2.05) is 0 Å². The molecule has 0 heterocycles. The molecule has 2 atom stereocenters. The van der Waals surface area contributed by atoms with Crippen LogP contribution >= 0.6 is 0 Å². The van der Waals surface area contributed by atoms with Crippen LogP contribution in [-0.4, -0.2) is 31.3 Å². The average molecular weight is 328 g/mol. The standard InChI is InChI=1S/C21H45NO/c1-6-11-14-20(9-4)17-22(19-23-16-13-8-3)18-21(10-5)15-12-7-2/h20-21H,6-19H2,1-5H3/t20-,21-/m0/s1. The van der Waals surface area contributed by atoms with Crippen molar-refractivity contribution in [1.29, 1.82) is 0 Å². The molecule has 0 amide bonds. The van der Waals surface area contributed by atoms with Gasteiger partial charge >= 0.3 is 0 Å². The van der Waals surface area contributed by atoms with Gasteiger partial charge in [-0.25, -0.2) is 0 Å². The van der Waals surface area contributed by atoms with Gasteiger partial charge in [0, 0.05) is 19.7 Å². The third-order valence-electron chi connectivity index (χ3n) is 5.04. The molecule has 0 aromatic carbocycles. The highest BCUT2D eigenvalue weighted by Gasteiger charge is 2.16. The van der Waals surface area contributed by atoms with Gasteiger partial charge < -0.3 is 4.74 Å². The summed E-state index contributed by atoms with van der Waals surface area (Å²) < 4.78 is 5.96. The molecule has 0 bridgehead atoms. The molecule has 0 aliphatic carbocycles. The fraction of sp³-hybridized carbons (Fsp3) is 1.00. The van der Waals surface area contributed by atoms with Crippen LogP contribution in [0.4, 0.5) is 0 Å². The van der Waals surface area contributed by atoms with Gasteiger partial charge in [0.05, 0.1) is 6.73 Å². The third kappa shape index (κ3) is 12.9. The van der Waals surface area contributed by atoms with Crippen LogP contribution in [0.5, 0.6) is 0 Å². The second kappa shape index (κ2) is 16.8. The summed E-state index contributed by atoms with van der Waals surface area (Å²) in [6.45, 7) is 15.8. The topological polar surface area (TPSA) is 12.5 Å². The molecule has 0 N–H and O–H groups in total. The second-order valence-electron chi connectivity index (χ2n) is 7.26. The number of ether oxygens (including phenoxy) is 1. The van der Waals surface area contributed by atoms with Gasteiger partial charge in [0.2, 0.25) is 0 Å². The van der Waals surface area contributed by atoms with E-state index >= 15 is 0 Å². The molecule has 0 aliphatic heterocycles. The van der Waals surface area contributed by atoms with E-state index in [1.165, 1.54) is 77.3 Å². The van der Waals surface area contributed by atoms with E-state index in [9.17, 15) is 0 Å². The molecule has 2 nitrogen and oxygen atoms in total. The Morgan fingerprint density at radius 2 is 1.17 bits per heavy atom. The SMILES string of the molecule is CCCCOCN(C[C@@H](CC)CCCC)C[C@@H](CC)CCCC. The van der Waals surface area contributed by atoms with Crippen LogP contribution in [0.2, 0.25) is 0 Å². The van der Waals surface area contributed by atoms with Crippen LogP contribution in [0.1, 0.15) is 98.8 Å². The highest BCUT2D eigenvalue weighted by Crippen LogP contribution is 2.19. The van der Waals surface area contributed by atoms with Crippen molar-refractivity contribution in [3.05, 3.63) is 0 Å². The lowest BCUT2D eigenvalue weighted by Crippen LogP contribution is -2.36. The monoisotopic (exact) mass is 327 g/mol. The number of hydrogen-bond donors (Lipinski definition) is 0. The Balaban J connectivity index is 4.44. The molecule has 0 radical (unpaired) electrons. The lowest BCUT2D eigenvalue weighted by Gasteiger charge is -2.30. The largest absolute Gasteiger partial charge is 0.366 e. The Kier molecular flexibility index (Phi) is 16.7. The predicted octanol–water partition coefficient (Wildman–Crippen LogP) is 6.50.